The predicted octanol–water partition coefficient (Wildman–Crippen LogP) is 5.50. The van der Waals surface area contributed by atoms with Gasteiger partial charge in [-0.05, 0) is 17.5 Å². The van der Waals surface area contributed by atoms with Gasteiger partial charge in [0, 0.05) is 10.8 Å². The standard InChI is InChI=1S/C20H24/c1-5-19(3,17-13-9-7-10-14-17)20(4,6-2)18-15-11-8-12-16-18/h5,7-16H,1,6H2,2-4H3. The molecule has 0 heterocycles. The average molecular weight is 264 g/mol. The molecule has 0 heteroatoms. The molecule has 0 aliphatic rings. The first-order valence-corrected chi connectivity index (χ1v) is 7.33. The predicted molar refractivity (Wildman–Crippen MR) is 88.1 cm³/mol. The molecule has 0 amide bonds. The summed E-state index contributed by atoms with van der Waals surface area (Å²) in [5, 5.41) is 0. The number of rotatable bonds is 5. The second-order valence-corrected chi connectivity index (χ2v) is 5.82. The normalized spacial score (nSPS) is 16.9. The summed E-state index contributed by atoms with van der Waals surface area (Å²) in [4.78, 5) is 0. The maximum absolute atomic E-state index is 4.15. The van der Waals surface area contributed by atoms with Crippen LogP contribution in [0.25, 0.3) is 0 Å². The third-order valence-electron chi connectivity index (χ3n) is 5.05. The number of allylic oxidation sites excluding steroid dienone is 1. The maximum Gasteiger partial charge on any atom is 0.0195 e. The highest BCUT2D eigenvalue weighted by Crippen LogP contribution is 2.47. The van der Waals surface area contributed by atoms with E-state index in [0.717, 1.165) is 6.42 Å². The lowest BCUT2D eigenvalue weighted by atomic mass is 9.58. The van der Waals surface area contributed by atoms with Crippen LogP contribution in [-0.4, -0.2) is 0 Å². The lowest BCUT2D eigenvalue weighted by Gasteiger charge is -2.45. The lowest BCUT2D eigenvalue weighted by Crippen LogP contribution is -2.43. The largest absolute Gasteiger partial charge is 0.102 e. The Labute approximate surface area is 123 Å². The Morgan fingerprint density at radius 2 is 1.30 bits per heavy atom. The molecule has 2 aromatic carbocycles. The molecule has 0 fully saturated rings. The summed E-state index contributed by atoms with van der Waals surface area (Å²) in [6.45, 7) is 11.1. The second-order valence-electron chi connectivity index (χ2n) is 5.82. The first-order chi connectivity index (χ1) is 9.58. The number of hydrogen-bond donors (Lipinski definition) is 0. The van der Waals surface area contributed by atoms with E-state index in [-0.39, 0.29) is 10.8 Å². The van der Waals surface area contributed by atoms with Crippen LogP contribution in [0.1, 0.15) is 38.3 Å². The summed E-state index contributed by atoms with van der Waals surface area (Å²) in [6.07, 6.45) is 3.17. The van der Waals surface area contributed by atoms with Crippen LogP contribution in [0.5, 0.6) is 0 Å². The van der Waals surface area contributed by atoms with Crippen molar-refractivity contribution in [3.8, 4) is 0 Å². The minimum Gasteiger partial charge on any atom is -0.102 e. The third kappa shape index (κ3) is 2.20. The zero-order valence-corrected chi connectivity index (χ0v) is 12.8. The molecule has 2 unspecified atom stereocenters. The molecule has 0 radical (unpaired) electrons. The fourth-order valence-corrected chi connectivity index (χ4v) is 3.12. The molecule has 0 aliphatic carbocycles. The zero-order valence-electron chi connectivity index (χ0n) is 12.8. The Bertz CT molecular complexity index is 555. The molecule has 0 nitrogen and oxygen atoms in total. The number of benzene rings is 2. The van der Waals surface area contributed by atoms with Crippen LogP contribution in [-0.2, 0) is 10.8 Å². The van der Waals surface area contributed by atoms with E-state index in [1.54, 1.807) is 0 Å². The van der Waals surface area contributed by atoms with Crippen LogP contribution >= 0.6 is 0 Å². The van der Waals surface area contributed by atoms with Gasteiger partial charge in [-0.15, -0.1) is 6.58 Å². The Morgan fingerprint density at radius 3 is 1.70 bits per heavy atom. The first kappa shape index (κ1) is 14.6. The Hall–Kier alpha value is -1.82. The highest BCUT2D eigenvalue weighted by molar-refractivity contribution is 5.41. The van der Waals surface area contributed by atoms with Crippen molar-refractivity contribution in [2.45, 2.75) is 38.0 Å². The van der Waals surface area contributed by atoms with Gasteiger partial charge < -0.3 is 0 Å². The topological polar surface area (TPSA) is 0 Å². The smallest absolute Gasteiger partial charge is 0.0195 e. The molecule has 0 saturated carbocycles. The van der Waals surface area contributed by atoms with Crippen molar-refractivity contribution >= 4 is 0 Å². The molecule has 2 aromatic rings. The quantitative estimate of drug-likeness (QED) is 0.626. The minimum atomic E-state index is -0.0929. The SMILES string of the molecule is C=CC(C)(c1ccccc1)C(C)(CC)c1ccccc1. The van der Waals surface area contributed by atoms with E-state index in [1.165, 1.54) is 11.1 Å². The maximum atomic E-state index is 4.15. The summed E-state index contributed by atoms with van der Waals surface area (Å²) in [5.41, 5.74) is 2.62. The van der Waals surface area contributed by atoms with Gasteiger partial charge in [0.05, 0.1) is 0 Å². The van der Waals surface area contributed by atoms with Crippen molar-refractivity contribution in [3.05, 3.63) is 84.4 Å². The van der Waals surface area contributed by atoms with Gasteiger partial charge in [0.25, 0.3) is 0 Å². The van der Waals surface area contributed by atoms with Crippen molar-refractivity contribution in [3.63, 3.8) is 0 Å². The van der Waals surface area contributed by atoms with Gasteiger partial charge in [-0.1, -0.05) is 87.5 Å². The van der Waals surface area contributed by atoms with Crippen molar-refractivity contribution in [1.29, 1.82) is 0 Å². The van der Waals surface area contributed by atoms with E-state index in [1.807, 2.05) is 0 Å². The van der Waals surface area contributed by atoms with Gasteiger partial charge >= 0.3 is 0 Å². The van der Waals surface area contributed by atoms with Crippen LogP contribution in [0.15, 0.2) is 73.3 Å². The second kappa shape index (κ2) is 5.66. The molecule has 0 spiro atoms. The van der Waals surface area contributed by atoms with Crippen molar-refractivity contribution in [2.24, 2.45) is 0 Å². The molecule has 2 rings (SSSR count). The Balaban J connectivity index is 2.61. The highest BCUT2D eigenvalue weighted by atomic mass is 14.5. The molecule has 0 aromatic heterocycles. The summed E-state index contributed by atoms with van der Waals surface area (Å²) in [5.74, 6) is 0. The molecular weight excluding hydrogens is 240 g/mol. The van der Waals surface area contributed by atoms with Gasteiger partial charge in [-0.3, -0.25) is 0 Å². The van der Waals surface area contributed by atoms with Crippen LogP contribution < -0.4 is 0 Å². The summed E-state index contributed by atoms with van der Waals surface area (Å²) >= 11 is 0. The van der Waals surface area contributed by atoms with E-state index >= 15 is 0 Å². The van der Waals surface area contributed by atoms with E-state index in [0.29, 0.717) is 0 Å². The molecular formula is C20H24. The Kier molecular flexibility index (Phi) is 4.13. The summed E-state index contributed by atoms with van der Waals surface area (Å²) < 4.78 is 0. The fraction of sp³-hybridized carbons (Fsp3) is 0.300. The van der Waals surface area contributed by atoms with Crippen LogP contribution in [0.3, 0.4) is 0 Å². The fourth-order valence-electron chi connectivity index (χ4n) is 3.12. The van der Waals surface area contributed by atoms with E-state index in [4.69, 9.17) is 0 Å². The molecule has 20 heavy (non-hydrogen) atoms. The summed E-state index contributed by atoms with van der Waals surface area (Å²) in [6, 6.07) is 21.5. The molecule has 0 aliphatic heterocycles. The van der Waals surface area contributed by atoms with Gasteiger partial charge in [0.15, 0.2) is 0 Å². The van der Waals surface area contributed by atoms with Crippen LogP contribution in [0.4, 0.5) is 0 Å². The lowest BCUT2D eigenvalue weighted by molar-refractivity contribution is 0.301. The van der Waals surface area contributed by atoms with E-state index < -0.39 is 0 Å². The zero-order chi connectivity index (χ0) is 14.6. The van der Waals surface area contributed by atoms with Gasteiger partial charge in [-0.25, -0.2) is 0 Å². The van der Waals surface area contributed by atoms with Gasteiger partial charge in [0.2, 0.25) is 0 Å². The monoisotopic (exact) mass is 264 g/mol. The number of hydrogen-bond acceptors (Lipinski definition) is 0. The van der Waals surface area contributed by atoms with Gasteiger partial charge in [0.1, 0.15) is 0 Å². The summed E-state index contributed by atoms with van der Waals surface area (Å²) in [7, 11) is 0. The van der Waals surface area contributed by atoms with Crippen molar-refractivity contribution < 1.29 is 0 Å². The van der Waals surface area contributed by atoms with Gasteiger partial charge in [-0.2, -0.15) is 0 Å². The van der Waals surface area contributed by atoms with Crippen LogP contribution in [0.2, 0.25) is 0 Å². The molecule has 0 bridgehead atoms. The molecule has 0 N–H and O–H groups in total. The molecule has 2 atom stereocenters. The molecule has 0 saturated heterocycles. The van der Waals surface area contributed by atoms with Crippen LogP contribution in [0, 0.1) is 0 Å². The first-order valence-electron chi connectivity index (χ1n) is 7.33. The molecule has 104 valence electrons. The van der Waals surface area contributed by atoms with Crippen molar-refractivity contribution in [1.82, 2.24) is 0 Å². The third-order valence-corrected chi connectivity index (χ3v) is 5.05. The highest BCUT2D eigenvalue weighted by Gasteiger charge is 2.43. The van der Waals surface area contributed by atoms with E-state index in [9.17, 15) is 0 Å². The minimum absolute atomic E-state index is 0.0252. The Morgan fingerprint density at radius 1 is 0.850 bits per heavy atom. The van der Waals surface area contributed by atoms with E-state index in [2.05, 4.69) is 94.1 Å². The van der Waals surface area contributed by atoms with Crippen molar-refractivity contribution in [2.75, 3.05) is 0 Å². The average Bonchev–Trinajstić information content (AvgIpc) is 2.54.